The Hall–Kier alpha value is -1.60. The zero-order valence-electron chi connectivity index (χ0n) is 10.6. The number of benzene rings is 1. The highest BCUT2D eigenvalue weighted by Gasteiger charge is 2.22. The molecule has 0 N–H and O–H groups in total. The first-order valence-corrected chi connectivity index (χ1v) is 6.80. The summed E-state index contributed by atoms with van der Waals surface area (Å²) in [4.78, 5) is 13.5. The van der Waals surface area contributed by atoms with Crippen molar-refractivity contribution in [2.45, 2.75) is 13.0 Å². The standard InChI is InChI=1S/C12H10ClF2N3OS/c1-6(7-3-4-8(14)9(15)5-7)18(2)11(19)10-16-17-12(13)20-10/h3-6H,1-2H3. The van der Waals surface area contributed by atoms with Gasteiger partial charge in [-0.3, -0.25) is 4.79 Å². The normalized spacial score (nSPS) is 12.2. The van der Waals surface area contributed by atoms with E-state index in [4.69, 9.17) is 11.6 Å². The van der Waals surface area contributed by atoms with Gasteiger partial charge in [-0.2, -0.15) is 0 Å². The molecule has 20 heavy (non-hydrogen) atoms. The van der Waals surface area contributed by atoms with Crippen molar-refractivity contribution in [2.24, 2.45) is 0 Å². The van der Waals surface area contributed by atoms with E-state index in [1.165, 1.54) is 11.0 Å². The number of halogens is 3. The van der Waals surface area contributed by atoms with Gasteiger partial charge in [0.15, 0.2) is 11.6 Å². The Morgan fingerprint density at radius 1 is 1.35 bits per heavy atom. The molecule has 0 aliphatic heterocycles. The van der Waals surface area contributed by atoms with Crippen molar-refractivity contribution in [3.05, 3.63) is 44.9 Å². The van der Waals surface area contributed by atoms with Crippen LogP contribution in [0.2, 0.25) is 4.47 Å². The van der Waals surface area contributed by atoms with Gasteiger partial charge in [-0.15, -0.1) is 10.2 Å². The Morgan fingerprint density at radius 2 is 2.05 bits per heavy atom. The first kappa shape index (κ1) is 14.8. The molecule has 0 radical (unpaired) electrons. The third-order valence-electron chi connectivity index (χ3n) is 2.91. The summed E-state index contributed by atoms with van der Waals surface area (Å²) in [6.07, 6.45) is 0. The minimum absolute atomic E-state index is 0.145. The van der Waals surface area contributed by atoms with Crippen molar-refractivity contribution in [3.63, 3.8) is 0 Å². The van der Waals surface area contributed by atoms with Gasteiger partial charge in [-0.05, 0) is 36.2 Å². The molecule has 4 nitrogen and oxygen atoms in total. The highest BCUT2D eigenvalue weighted by Crippen LogP contribution is 2.24. The third-order valence-corrected chi connectivity index (χ3v) is 3.92. The zero-order valence-corrected chi connectivity index (χ0v) is 12.2. The Labute approximate surface area is 123 Å². The monoisotopic (exact) mass is 317 g/mol. The molecule has 2 rings (SSSR count). The lowest BCUT2D eigenvalue weighted by Gasteiger charge is -2.24. The second kappa shape index (κ2) is 5.80. The van der Waals surface area contributed by atoms with Gasteiger partial charge in [0.2, 0.25) is 9.47 Å². The van der Waals surface area contributed by atoms with E-state index in [1.54, 1.807) is 14.0 Å². The summed E-state index contributed by atoms with van der Waals surface area (Å²) in [7, 11) is 1.55. The van der Waals surface area contributed by atoms with Gasteiger partial charge in [0.1, 0.15) is 0 Å². The largest absolute Gasteiger partial charge is 0.333 e. The lowest BCUT2D eigenvalue weighted by Crippen LogP contribution is -2.29. The number of hydrogen-bond acceptors (Lipinski definition) is 4. The van der Waals surface area contributed by atoms with Crippen LogP contribution in [0.5, 0.6) is 0 Å². The summed E-state index contributed by atoms with van der Waals surface area (Å²) >= 11 is 6.59. The Morgan fingerprint density at radius 3 is 2.60 bits per heavy atom. The Balaban J connectivity index is 2.21. The second-order valence-electron chi connectivity index (χ2n) is 4.13. The molecule has 0 saturated heterocycles. The lowest BCUT2D eigenvalue weighted by atomic mass is 10.1. The van der Waals surface area contributed by atoms with Crippen molar-refractivity contribution in [3.8, 4) is 0 Å². The fraction of sp³-hybridized carbons (Fsp3) is 0.250. The highest BCUT2D eigenvalue weighted by atomic mass is 35.5. The molecular formula is C12H10ClF2N3OS. The quantitative estimate of drug-likeness (QED) is 0.872. The molecule has 0 aliphatic rings. The first-order valence-electron chi connectivity index (χ1n) is 5.61. The summed E-state index contributed by atoms with van der Waals surface area (Å²) in [6, 6.07) is 3.08. The Bertz CT molecular complexity index is 649. The van der Waals surface area contributed by atoms with Gasteiger partial charge in [0.05, 0.1) is 6.04 Å². The number of carbonyl (C=O) groups excluding carboxylic acids is 1. The van der Waals surface area contributed by atoms with E-state index in [-0.39, 0.29) is 15.4 Å². The smallest absolute Gasteiger partial charge is 0.285 e. The molecule has 106 valence electrons. The maximum atomic E-state index is 13.2. The van der Waals surface area contributed by atoms with Crippen LogP contribution < -0.4 is 0 Å². The minimum Gasteiger partial charge on any atom is -0.333 e. The highest BCUT2D eigenvalue weighted by molar-refractivity contribution is 7.17. The molecule has 1 heterocycles. The molecule has 0 spiro atoms. The van der Waals surface area contributed by atoms with Gasteiger partial charge in [0.25, 0.3) is 5.91 Å². The molecule has 0 fully saturated rings. The summed E-state index contributed by atoms with van der Waals surface area (Å²) in [5.41, 5.74) is 0.482. The van der Waals surface area contributed by atoms with Gasteiger partial charge in [0, 0.05) is 7.05 Å². The predicted molar refractivity (Wildman–Crippen MR) is 71.8 cm³/mol. The van der Waals surface area contributed by atoms with Crippen LogP contribution in [0.25, 0.3) is 0 Å². The van der Waals surface area contributed by atoms with Crippen LogP contribution in [0.1, 0.15) is 28.3 Å². The molecule has 1 amide bonds. The van der Waals surface area contributed by atoms with E-state index < -0.39 is 17.7 Å². The number of aromatic nitrogens is 2. The summed E-state index contributed by atoms with van der Waals surface area (Å²) < 4.78 is 26.3. The van der Waals surface area contributed by atoms with Crippen molar-refractivity contribution in [1.29, 1.82) is 0 Å². The molecule has 1 atom stereocenters. The molecule has 0 bridgehead atoms. The fourth-order valence-corrected chi connectivity index (χ4v) is 2.43. The van der Waals surface area contributed by atoms with Crippen molar-refractivity contribution >= 4 is 28.8 Å². The molecule has 0 saturated carbocycles. The number of rotatable bonds is 3. The molecule has 1 aromatic carbocycles. The molecule has 0 aliphatic carbocycles. The van der Waals surface area contributed by atoms with Crippen LogP contribution >= 0.6 is 22.9 Å². The number of hydrogen-bond donors (Lipinski definition) is 0. The van der Waals surface area contributed by atoms with E-state index >= 15 is 0 Å². The summed E-state index contributed by atoms with van der Waals surface area (Å²) in [5, 5.41) is 7.36. The first-order chi connectivity index (χ1) is 9.40. The Kier molecular flexibility index (Phi) is 4.29. The lowest BCUT2D eigenvalue weighted by molar-refractivity contribution is 0.0741. The molecule has 1 unspecified atom stereocenters. The zero-order chi connectivity index (χ0) is 14.9. The second-order valence-corrected chi connectivity index (χ2v) is 5.69. The molecule has 8 heteroatoms. The number of nitrogens with zero attached hydrogens (tertiary/aromatic N) is 3. The fourth-order valence-electron chi connectivity index (χ4n) is 1.61. The molecule has 2 aromatic rings. The predicted octanol–water partition coefficient (Wildman–Crippen LogP) is 3.30. The van der Waals surface area contributed by atoms with Crippen LogP contribution in [-0.4, -0.2) is 28.1 Å². The van der Waals surface area contributed by atoms with Crippen molar-refractivity contribution in [2.75, 3.05) is 7.05 Å². The van der Waals surface area contributed by atoms with Crippen LogP contribution in [0, 0.1) is 11.6 Å². The molecular weight excluding hydrogens is 308 g/mol. The van der Waals surface area contributed by atoms with Crippen molar-refractivity contribution in [1.82, 2.24) is 15.1 Å². The van der Waals surface area contributed by atoms with Crippen molar-refractivity contribution < 1.29 is 13.6 Å². The van der Waals surface area contributed by atoms with E-state index in [0.717, 1.165) is 23.5 Å². The van der Waals surface area contributed by atoms with Gasteiger partial charge in [-0.1, -0.05) is 17.4 Å². The average molecular weight is 318 g/mol. The maximum absolute atomic E-state index is 13.2. The van der Waals surface area contributed by atoms with E-state index in [2.05, 4.69) is 10.2 Å². The number of amides is 1. The van der Waals surface area contributed by atoms with Crippen LogP contribution in [-0.2, 0) is 0 Å². The minimum atomic E-state index is -0.950. The SMILES string of the molecule is CC(c1ccc(F)c(F)c1)N(C)C(=O)c1nnc(Cl)s1. The van der Waals surface area contributed by atoms with Crippen LogP contribution in [0.3, 0.4) is 0 Å². The topological polar surface area (TPSA) is 46.1 Å². The maximum Gasteiger partial charge on any atom is 0.285 e. The molecule has 1 aromatic heterocycles. The van der Waals surface area contributed by atoms with E-state index in [1.807, 2.05) is 0 Å². The summed E-state index contributed by atoms with van der Waals surface area (Å²) in [6.45, 7) is 1.70. The van der Waals surface area contributed by atoms with Gasteiger partial charge >= 0.3 is 0 Å². The van der Waals surface area contributed by atoms with E-state index in [9.17, 15) is 13.6 Å². The van der Waals surface area contributed by atoms with Crippen LogP contribution in [0.4, 0.5) is 8.78 Å². The number of carbonyl (C=O) groups is 1. The summed E-state index contributed by atoms with van der Waals surface area (Å²) in [5.74, 6) is -2.26. The van der Waals surface area contributed by atoms with Gasteiger partial charge in [-0.25, -0.2) is 8.78 Å². The average Bonchev–Trinajstić information content (AvgIpc) is 2.86. The van der Waals surface area contributed by atoms with Crippen LogP contribution in [0.15, 0.2) is 18.2 Å². The van der Waals surface area contributed by atoms with E-state index in [0.29, 0.717) is 5.56 Å². The van der Waals surface area contributed by atoms with Gasteiger partial charge < -0.3 is 4.90 Å². The third kappa shape index (κ3) is 2.94.